The van der Waals surface area contributed by atoms with Crippen LogP contribution in [0.25, 0.3) is 39.6 Å². The van der Waals surface area contributed by atoms with E-state index in [-0.39, 0.29) is 5.78 Å². The van der Waals surface area contributed by atoms with Gasteiger partial charge in [-0.1, -0.05) is 42.5 Å². The Morgan fingerprint density at radius 1 is 0.743 bits per heavy atom. The highest BCUT2D eigenvalue weighted by Crippen LogP contribution is 2.29. The number of aryl methyl sites for hydroxylation is 1. The van der Waals surface area contributed by atoms with Gasteiger partial charge in [-0.25, -0.2) is 9.97 Å². The van der Waals surface area contributed by atoms with E-state index in [0.717, 1.165) is 63.7 Å². The van der Waals surface area contributed by atoms with Gasteiger partial charge in [-0.05, 0) is 49.2 Å². The molecule has 1 aliphatic rings. The quantitative estimate of drug-likeness (QED) is 0.347. The standard InChI is InChI=1S/C29H23N5O/c30-21-9-4-8-20(14-21)27-16-22(15-26(33-27)19-6-2-1-3-7-19)34-17-28(31-18-34)25-13-12-23-24(32-25)10-5-11-29(23)35/h1-4,6-9,12-18H,5,10-11,30H2. The number of nitrogen functional groups attached to an aromatic ring is 1. The van der Waals surface area contributed by atoms with Crippen molar-refractivity contribution in [2.24, 2.45) is 0 Å². The summed E-state index contributed by atoms with van der Waals surface area (Å²) >= 11 is 0. The summed E-state index contributed by atoms with van der Waals surface area (Å²) in [5.74, 6) is 0.176. The number of hydrogen-bond donors (Lipinski definition) is 1. The van der Waals surface area contributed by atoms with Crippen molar-refractivity contribution in [3.63, 3.8) is 0 Å². The van der Waals surface area contributed by atoms with Crippen molar-refractivity contribution in [3.8, 4) is 39.6 Å². The van der Waals surface area contributed by atoms with Crippen LogP contribution in [0.2, 0.25) is 0 Å². The third-order valence-corrected chi connectivity index (χ3v) is 6.30. The number of pyridine rings is 2. The third-order valence-electron chi connectivity index (χ3n) is 6.30. The van der Waals surface area contributed by atoms with Crippen LogP contribution in [0.5, 0.6) is 0 Å². The number of aromatic nitrogens is 4. The van der Waals surface area contributed by atoms with E-state index in [4.69, 9.17) is 15.7 Å². The Balaban J connectivity index is 1.43. The SMILES string of the molecule is Nc1cccc(-c2cc(-n3cnc(-c4ccc5c(n4)CCCC5=O)c3)cc(-c3ccccc3)n2)c1. The highest BCUT2D eigenvalue weighted by molar-refractivity contribution is 5.98. The van der Waals surface area contributed by atoms with E-state index in [0.29, 0.717) is 12.1 Å². The molecule has 0 unspecified atom stereocenters. The molecule has 170 valence electrons. The van der Waals surface area contributed by atoms with Crippen molar-refractivity contribution in [1.82, 2.24) is 19.5 Å². The Kier molecular flexibility index (Phi) is 5.19. The van der Waals surface area contributed by atoms with Gasteiger partial charge in [0.25, 0.3) is 0 Å². The molecule has 2 N–H and O–H groups in total. The molecule has 0 amide bonds. The van der Waals surface area contributed by atoms with Crippen LogP contribution in [-0.2, 0) is 6.42 Å². The molecule has 3 aromatic heterocycles. The van der Waals surface area contributed by atoms with E-state index in [2.05, 4.69) is 11.1 Å². The number of ketones is 1. The van der Waals surface area contributed by atoms with E-state index >= 15 is 0 Å². The van der Waals surface area contributed by atoms with Crippen molar-refractivity contribution in [3.05, 3.63) is 103 Å². The van der Waals surface area contributed by atoms with Crippen LogP contribution in [0, 0.1) is 0 Å². The minimum atomic E-state index is 0.176. The van der Waals surface area contributed by atoms with Gasteiger partial charge in [0.2, 0.25) is 0 Å². The van der Waals surface area contributed by atoms with Crippen LogP contribution in [0.15, 0.2) is 91.4 Å². The molecule has 0 atom stereocenters. The number of Topliss-reactive ketones (excluding diaryl/α,β-unsaturated/α-hetero) is 1. The Morgan fingerprint density at radius 2 is 1.54 bits per heavy atom. The summed E-state index contributed by atoms with van der Waals surface area (Å²) in [7, 11) is 0. The maximum absolute atomic E-state index is 12.2. The first-order valence-corrected chi connectivity index (χ1v) is 11.7. The molecule has 6 heteroatoms. The lowest BCUT2D eigenvalue weighted by atomic mass is 9.94. The second kappa shape index (κ2) is 8.65. The Morgan fingerprint density at radius 3 is 2.37 bits per heavy atom. The zero-order valence-electron chi connectivity index (χ0n) is 19.1. The van der Waals surface area contributed by atoms with Crippen LogP contribution >= 0.6 is 0 Å². The van der Waals surface area contributed by atoms with E-state index < -0.39 is 0 Å². The fraction of sp³-hybridized carbons (Fsp3) is 0.103. The van der Waals surface area contributed by atoms with Crippen LogP contribution in [0.1, 0.15) is 28.9 Å². The first kappa shape index (κ1) is 21.0. The Labute approximate surface area is 203 Å². The lowest BCUT2D eigenvalue weighted by Crippen LogP contribution is -2.12. The van der Waals surface area contributed by atoms with Crippen LogP contribution in [0.4, 0.5) is 5.69 Å². The molecular weight excluding hydrogens is 434 g/mol. The Bertz CT molecular complexity index is 1550. The number of nitrogens with two attached hydrogens (primary N) is 1. The molecule has 6 rings (SSSR count). The number of fused-ring (bicyclic) bond motifs is 1. The molecule has 2 aromatic carbocycles. The highest BCUT2D eigenvalue weighted by atomic mass is 16.1. The largest absolute Gasteiger partial charge is 0.399 e. The highest BCUT2D eigenvalue weighted by Gasteiger charge is 2.19. The van der Waals surface area contributed by atoms with Crippen LogP contribution in [0.3, 0.4) is 0 Å². The zero-order valence-corrected chi connectivity index (χ0v) is 19.1. The van der Waals surface area contributed by atoms with Gasteiger partial charge in [0.15, 0.2) is 5.78 Å². The summed E-state index contributed by atoms with van der Waals surface area (Å²) < 4.78 is 1.98. The molecule has 0 saturated carbocycles. The summed E-state index contributed by atoms with van der Waals surface area (Å²) in [6, 6.07) is 25.7. The van der Waals surface area contributed by atoms with Crippen LogP contribution < -0.4 is 5.73 Å². The topological polar surface area (TPSA) is 86.7 Å². The summed E-state index contributed by atoms with van der Waals surface area (Å²) in [5.41, 5.74) is 14.5. The molecule has 0 fully saturated rings. The smallest absolute Gasteiger partial charge is 0.164 e. The molecule has 0 bridgehead atoms. The molecule has 5 aromatic rings. The van der Waals surface area contributed by atoms with Gasteiger partial charge in [0.1, 0.15) is 5.69 Å². The number of rotatable bonds is 4. The lowest BCUT2D eigenvalue weighted by molar-refractivity contribution is 0.0971. The fourth-order valence-corrected chi connectivity index (χ4v) is 4.50. The molecule has 0 saturated heterocycles. The molecule has 0 radical (unpaired) electrons. The van der Waals surface area contributed by atoms with Gasteiger partial charge in [-0.15, -0.1) is 0 Å². The van der Waals surface area contributed by atoms with Gasteiger partial charge in [-0.2, -0.15) is 0 Å². The van der Waals surface area contributed by atoms with Crippen molar-refractivity contribution < 1.29 is 4.79 Å². The first-order valence-electron chi connectivity index (χ1n) is 11.7. The first-order chi connectivity index (χ1) is 17.1. The van der Waals surface area contributed by atoms with Gasteiger partial charge in [0, 0.05) is 35.0 Å². The maximum atomic E-state index is 12.2. The van der Waals surface area contributed by atoms with E-state index in [1.807, 2.05) is 83.6 Å². The van der Waals surface area contributed by atoms with E-state index in [1.165, 1.54) is 0 Å². The normalized spacial score (nSPS) is 13.0. The lowest BCUT2D eigenvalue weighted by Gasteiger charge is -2.13. The predicted molar refractivity (Wildman–Crippen MR) is 137 cm³/mol. The molecular formula is C29H23N5O. The number of benzene rings is 2. The van der Waals surface area contributed by atoms with Gasteiger partial charge in [0.05, 0.1) is 34.8 Å². The molecule has 1 aliphatic carbocycles. The van der Waals surface area contributed by atoms with Gasteiger partial charge < -0.3 is 10.3 Å². The minimum absolute atomic E-state index is 0.176. The number of imidazole rings is 1. The number of carbonyl (C=O) groups is 1. The number of nitrogens with zero attached hydrogens (tertiary/aromatic N) is 4. The summed E-state index contributed by atoms with van der Waals surface area (Å²) in [4.78, 5) is 26.5. The fourth-order valence-electron chi connectivity index (χ4n) is 4.50. The molecule has 35 heavy (non-hydrogen) atoms. The average Bonchev–Trinajstić information content (AvgIpc) is 3.40. The zero-order chi connectivity index (χ0) is 23.8. The van der Waals surface area contributed by atoms with Crippen molar-refractivity contribution in [1.29, 1.82) is 0 Å². The second-order valence-electron chi connectivity index (χ2n) is 8.72. The minimum Gasteiger partial charge on any atom is -0.399 e. The third kappa shape index (κ3) is 4.10. The summed E-state index contributed by atoms with van der Waals surface area (Å²) in [5, 5.41) is 0. The monoisotopic (exact) mass is 457 g/mol. The number of carbonyl (C=O) groups excluding carboxylic acids is 1. The maximum Gasteiger partial charge on any atom is 0.164 e. The predicted octanol–water partition coefficient (Wildman–Crippen LogP) is 5.76. The summed E-state index contributed by atoms with van der Waals surface area (Å²) in [6.07, 6.45) is 6.03. The number of anilines is 1. The molecule has 0 spiro atoms. The summed E-state index contributed by atoms with van der Waals surface area (Å²) in [6.45, 7) is 0. The molecule has 0 aliphatic heterocycles. The average molecular weight is 458 g/mol. The number of hydrogen-bond acceptors (Lipinski definition) is 5. The molecule has 3 heterocycles. The van der Waals surface area contributed by atoms with Gasteiger partial charge in [-0.3, -0.25) is 9.78 Å². The van der Waals surface area contributed by atoms with E-state index in [1.54, 1.807) is 6.33 Å². The van der Waals surface area contributed by atoms with Crippen molar-refractivity contribution in [2.75, 3.05) is 5.73 Å². The van der Waals surface area contributed by atoms with Crippen molar-refractivity contribution >= 4 is 11.5 Å². The molecule has 6 nitrogen and oxygen atoms in total. The van der Waals surface area contributed by atoms with Gasteiger partial charge >= 0.3 is 0 Å². The van der Waals surface area contributed by atoms with E-state index in [9.17, 15) is 4.79 Å². The van der Waals surface area contributed by atoms with Crippen molar-refractivity contribution in [2.45, 2.75) is 19.3 Å². The van der Waals surface area contributed by atoms with Crippen LogP contribution in [-0.4, -0.2) is 25.3 Å². The Hall–Kier alpha value is -4.58. The second-order valence-corrected chi connectivity index (χ2v) is 8.72.